The van der Waals surface area contributed by atoms with Crippen LogP contribution in [0.3, 0.4) is 0 Å². The normalized spacial score (nSPS) is 10.5. The van der Waals surface area contributed by atoms with Crippen molar-refractivity contribution in [1.82, 2.24) is 4.73 Å². The average molecular weight is 221 g/mol. The summed E-state index contributed by atoms with van der Waals surface area (Å²) in [6.45, 7) is 0. The van der Waals surface area contributed by atoms with Crippen molar-refractivity contribution < 1.29 is 15.2 Å². The molecule has 1 aromatic carbocycles. The maximum atomic E-state index is 11.6. The van der Waals surface area contributed by atoms with E-state index in [0.29, 0.717) is 0 Å². The minimum Gasteiger partial charge on any atom is -0.867 e. The summed E-state index contributed by atoms with van der Waals surface area (Å²) in [5.41, 5.74) is -2.53. The molecule has 7 heteroatoms. The number of hydrogen-bond acceptors (Lipinski definition) is 5. The van der Waals surface area contributed by atoms with E-state index in [9.17, 15) is 25.2 Å². The molecular weight excluding hydrogens is 216 g/mol. The van der Waals surface area contributed by atoms with E-state index in [4.69, 9.17) is 0 Å². The van der Waals surface area contributed by atoms with E-state index in [1.54, 1.807) is 0 Å². The van der Waals surface area contributed by atoms with Gasteiger partial charge in [-0.05, 0) is 11.8 Å². The molecule has 1 aromatic heterocycles. The molecule has 0 saturated carbocycles. The van der Waals surface area contributed by atoms with E-state index in [1.165, 1.54) is 24.3 Å². The van der Waals surface area contributed by atoms with Crippen LogP contribution in [0, 0.1) is 10.1 Å². The molecule has 82 valence electrons. The number of hydrogen-bond donors (Lipinski definition) is 1. The van der Waals surface area contributed by atoms with Crippen molar-refractivity contribution in [2.24, 2.45) is 0 Å². The van der Waals surface area contributed by atoms with E-state index in [0.717, 1.165) is 0 Å². The third-order valence-electron chi connectivity index (χ3n) is 2.17. The molecular formula is C9H5N2O5-. The molecule has 1 N–H and O–H groups in total. The summed E-state index contributed by atoms with van der Waals surface area (Å²) >= 11 is 0. The van der Waals surface area contributed by atoms with Gasteiger partial charge < -0.3 is 10.3 Å². The Morgan fingerprint density at radius 3 is 2.56 bits per heavy atom. The number of pyridine rings is 1. The van der Waals surface area contributed by atoms with Gasteiger partial charge in [0.15, 0.2) is 0 Å². The fraction of sp³-hybridized carbons (Fsp3) is 0. The van der Waals surface area contributed by atoms with Crippen LogP contribution in [0.15, 0.2) is 29.1 Å². The fourth-order valence-corrected chi connectivity index (χ4v) is 1.45. The van der Waals surface area contributed by atoms with Gasteiger partial charge in [-0.15, -0.1) is 4.73 Å². The molecule has 0 bridgehead atoms. The Balaban J connectivity index is 3.07. The van der Waals surface area contributed by atoms with Crippen LogP contribution in [-0.4, -0.2) is 14.9 Å². The number of rotatable bonds is 1. The van der Waals surface area contributed by atoms with Gasteiger partial charge in [-0.2, -0.15) is 0 Å². The van der Waals surface area contributed by atoms with E-state index < -0.39 is 21.9 Å². The molecule has 0 atom stereocenters. The molecule has 2 rings (SSSR count). The SMILES string of the molecule is O=c1c([N+](=O)[O-])c([O-])c2ccccc2n1O. The van der Waals surface area contributed by atoms with Crippen molar-refractivity contribution >= 4 is 16.6 Å². The number of fused-ring (bicyclic) bond motifs is 1. The first-order chi connectivity index (χ1) is 7.54. The third kappa shape index (κ3) is 1.18. The molecule has 0 fully saturated rings. The lowest BCUT2D eigenvalue weighted by Crippen LogP contribution is -2.23. The summed E-state index contributed by atoms with van der Waals surface area (Å²) in [7, 11) is 0. The maximum Gasteiger partial charge on any atom is 0.360 e. The molecule has 0 aliphatic heterocycles. The summed E-state index contributed by atoms with van der Waals surface area (Å²) in [6, 6.07) is 5.61. The molecule has 0 saturated heterocycles. The van der Waals surface area contributed by atoms with Gasteiger partial charge in [0, 0.05) is 5.39 Å². The van der Waals surface area contributed by atoms with E-state index in [2.05, 4.69) is 0 Å². The first-order valence-corrected chi connectivity index (χ1v) is 4.22. The van der Waals surface area contributed by atoms with Gasteiger partial charge in [0.2, 0.25) is 0 Å². The van der Waals surface area contributed by atoms with Gasteiger partial charge >= 0.3 is 11.2 Å². The fourth-order valence-electron chi connectivity index (χ4n) is 1.45. The summed E-state index contributed by atoms with van der Waals surface area (Å²) < 4.78 is 0.106. The van der Waals surface area contributed by atoms with Crippen LogP contribution in [0.25, 0.3) is 10.9 Å². The Labute approximate surface area is 87.9 Å². The molecule has 0 amide bonds. The van der Waals surface area contributed by atoms with Crippen molar-refractivity contribution in [3.63, 3.8) is 0 Å². The quantitative estimate of drug-likeness (QED) is 0.421. The zero-order chi connectivity index (χ0) is 11.9. The van der Waals surface area contributed by atoms with Crippen molar-refractivity contribution in [2.45, 2.75) is 0 Å². The van der Waals surface area contributed by atoms with Crippen molar-refractivity contribution in [2.75, 3.05) is 0 Å². The molecule has 0 aliphatic carbocycles. The van der Waals surface area contributed by atoms with Crippen molar-refractivity contribution in [3.8, 4) is 5.75 Å². The monoisotopic (exact) mass is 221 g/mol. The highest BCUT2D eigenvalue weighted by molar-refractivity contribution is 5.87. The second-order valence-electron chi connectivity index (χ2n) is 3.07. The predicted octanol–water partition coefficient (Wildman–Crippen LogP) is 0.221. The Morgan fingerprint density at radius 2 is 1.94 bits per heavy atom. The van der Waals surface area contributed by atoms with Crippen LogP contribution in [0.4, 0.5) is 5.69 Å². The molecule has 2 aromatic rings. The number of para-hydroxylation sites is 1. The minimum absolute atomic E-state index is 0.0527. The van der Waals surface area contributed by atoms with Gasteiger partial charge in [0.1, 0.15) is 0 Å². The molecule has 0 radical (unpaired) electrons. The lowest BCUT2D eigenvalue weighted by molar-refractivity contribution is -0.399. The Bertz CT molecular complexity index is 646. The zero-order valence-electron chi connectivity index (χ0n) is 7.78. The van der Waals surface area contributed by atoms with Gasteiger partial charge in [0.05, 0.1) is 10.4 Å². The summed E-state index contributed by atoms with van der Waals surface area (Å²) in [4.78, 5) is 20.7. The first kappa shape index (κ1) is 9.97. The van der Waals surface area contributed by atoms with Crippen LogP contribution in [0.5, 0.6) is 5.75 Å². The first-order valence-electron chi connectivity index (χ1n) is 4.22. The highest BCUT2D eigenvalue weighted by atomic mass is 16.6. The summed E-state index contributed by atoms with van der Waals surface area (Å²) in [5, 5.41) is 31.4. The van der Waals surface area contributed by atoms with Crippen LogP contribution in [0.2, 0.25) is 0 Å². The topological polar surface area (TPSA) is 108 Å². The highest BCUT2D eigenvalue weighted by Crippen LogP contribution is 2.27. The summed E-state index contributed by atoms with van der Waals surface area (Å²) in [6.07, 6.45) is 0. The van der Waals surface area contributed by atoms with Crippen LogP contribution in [0.1, 0.15) is 0 Å². The number of nitro groups is 1. The molecule has 1 heterocycles. The lowest BCUT2D eigenvalue weighted by Gasteiger charge is -2.11. The van der Waals surface area contributed by atoms with Gasteiger partial charge in [0.25, 0.3) is 0 Å². The van der Waals surface area contributed by atoms with Crippen LogP contribution < -0.4 is 10.7 Å². The molecule has 7 nitrogen and oxygen atoms in total. The van der Waals surface area contributed by atoms with Gasteiger partial charge in [-0.1, -0.05) is 18.2 Å². The van der Waals surface area contributed by atoms with Crippen molar-refractivity contribution in [3.05, 3.63) is 44.7 Å². The van der Waals surface area contributed by atoms with Gasteiger partial charge in [-0.3, -0.25) is 14.9 Å². The largest absolute Gasteiger partial charge is 0.867 e. The number of nitrogens with zero attached hydrogens (tertiary/aromatic N) is 2. The Kier molecular flexibility index (Phi) is 2.01. The Morgan fingerprint density at radius 1 is 1.31 bits per heavy atom. The van der Waals surface area contributed by atoms with Gasteiger partial charge in [-0.25, -0.2) is 0 Å². The second-order valence-corrected chi connectivity index (χ2v) is 3.07. The highest BCUT2D eigenvalue weighted by Gasteiger charge is 2.19. The predicted molar refractivity (Wildman–Crippen MR) is 51.5 cm³/mol. The smallest absolute Gasteiger partial charge is 0.360 e. The zero-order valence-corrected chi connectivity index (χ0v) is 7.78. The average Bonchev–Trinajstić information content (AvgIpc) is 2.26. The molecule has 0 spiro atoms. The van der Waals surface area contributed by atoms with E-state index in [-0.39, 0.29) is 15.6 Å². The standard InChI is InChI=1S/C9H6N2O5/c12-8-5-3-1-2-4-6(5)10(14)9(13)7(8)11(15)16/h1-4,12,14H/p-1. The molecule has 0 aliphatic rings. The van der Waals surface area contributed by atoms with Crippen LogP contribution in [-0.2, 0) is 0 Å². The number of aromatic nitrogens is 1. The minimum atomic E-state index is -1.33. The van der Waals surface area contributed by atoms with E-state index in [1.807, 2.05) is 0 Å². The Hall–Kier alpha value is -2.57. The van der Waals surface area contributed by atoms with Crippen LogP contribution >= 0.6 is 0 Å². The lowest BCUT2D eigenvalue weighted by atomic mass is 10.2. The molecule has 16 heavy (non-hydrogen) atoms. The van der Waals surface area contributed by atoms with Crippen molar-refractivity contribution in [1.29, 1.82) is 0 Å². The molecule has 0 unspecified atom stereocenters. The second kappa shape index (κ2) is 3.23. The summed E-state index contributed by atoms with van der Waals surface area (Å²) in [5.74, 6) is -0.990. The third-order valence-corrected chi connectivity index (χ3v) is 2.17. The van der Waals surface area contributed by atoms with E-state index >= 15 is 0 Å². The maximum absolute atomic E-state index is 11.6. The number of benzene rings is 1.